The number of aromatic carboxylic acids is 1. The van der Waals surface area contributed by atoms with E-state index in [-0.39, 0.29) is 5.56 Å². The third-order valence-electron chi connectivity index (χ3n) is 2.32. The number of nitrogens with zero attached hydrogens (tertiary/aromatic N) is 2. The van der Waals surface area contributed by atoms with Crippen LogP contribution in [0.25, 0.3) is 0 Å². The van der Waals surface area contributed by atoms with Crippen molar-refractivity contribution in [3.05, 3.63) is 53.7 Å². The van der Waals surface area contributed by atoms with E-state index in [4.69, 9.17) is 10.4 Å². The van der Waals surface area contributed by atoms with Crippen LogP contribution in [0.5, 0.6) is 0 Å². The topological polar surface area (TPSA) is 86.0 Å². The minimum absolute atomic E-state index is 0.141. The van der Waals surface area contributed by atoms with E-state index in [0.717, 1.165) is 0 Å². The number of hydrogen-bond acceptors (Lipinski definition) is 4. The Balaban J connectivity index is 2.32. The Morgan fingerprint density at radius 2 is 2.11 bits per heavy atom. The molecule has 0 unspecified atom stereocenters. The lowest BCUT2D eigenvalue weighted by Crippen LogP contribution is -2.00. The van der Waals surface area contributed by atoms with Gasteiger partial charge in [0.25, 0.3) is 0 Å². The van der Waals surface area contributed by atoms with Gasteiger partial charge >= 0.3 is 5.97 Å². The number of benzene rings is 1. The minimum atomic E-state index is -1.02. The first-order chi connectivity index (χ1) is 8.70. The highest BCUT2D eigenvalue weighted by Crippen LogP contribution is 2.19. The molecule has 2 N–H and O–H groups in total. The van der Waals surface area contributed by atoms with Crippen molar-refractivity contribution in [2.45, 2.75) is 0 Å². The number of para-hydroxylation sites is 1. The molecule has 0 saturated heterocycles. The van der Waals surface area contributed by atoms with E-state index in [2.05, 4.69) is 10.3 Å². The van der Waals surface area contributed by atoms with Crippen LogP contribution in [-0.2, 0) is 0 Å². The molecule has 1 heterocycles. The molecule has 0 fully saturated rings. The van der Waals surface area contributed by atoms with Crippen LogP contribution < -0.4 is 5.32 Å². The quantitative estimate of drug-likeness (QED) is 0.858. The van der Waals surface area contributed by atoms with Crippen LogP contribution in [0.1, 0.15) is 15.9 Å². The fourth-order valence-corrected chi connectivity index (χ4v) is 1.46. The zero-order chi connectivity index (χ0) is 13.0. The van der Waals surface area contributed by atoms with Crippen LogP contribution in [0, 0.1) is 11.3 Å². The van der Waals surface area contributed by atoms with Crippen molar-refractivity contribution < 1.29 is 9.90 Å². The molecule has 0 bridgehead atoms. The lowest BCUT2D eigenvalue weighted by Gasteiger charge is -2.07. The van der Waals surface area contributed by atoms with Crippen molar-refractivity contribution >= 4 is 17.5 Å². The predicted molar refractivity (Wildman–Crippen MR) is 65.6 cm³/mol. The van der Waals surface area contributed by atoms with Gasteiger partial charge in [-0.1, -0.05) is 12.1 Å². The number of anilines is 2. The molecule has 18 heavy (non-hydrogen) atoms. The zero-order valence-corrected chi connectivity index (χ0v) is 9.29. The van der Waals surface area contributed by atoms with Crippen LogP contribution in [0.4, 0.5) is 11.5 Å². The molecule has 0 aliphatic heterocycles. The number of carboxylic acid groups (broad SMARTS) is 1. The molecule has 0 saturated carbocycles. The number of carbonyl (C=O) groups is 1. The van der Waals surface area contributed by atoms with Crippen molar-refractivity contribution in [1.29, 1.82) is 5.26 Å². The Bertz CT molecular complexity index is 632. The second-order valence-electron chi connectivity index (χ2n) is 3.52. The molecule has 0 aliphatic carbocycles. The molecule has 0 aliphatic rings. The van der Waals surface area contributed by atoms with Crippen molar-refractivity contribution in [3.8, 4) is 6.07 Å². The molecular weight excluding hydrogens is 230 g/mol. The second-order valence-corrected chi connectivity index (χ2v) is 3.52. The van der Waals surface area contributed by atoms with Crippen LogP contribution >= 0.6 is 0 Å². The maximum absolute atomic E-state index is 10.8. The summed E-state index contributed by atoms with van der Waals surface area (Å²) in [6, 6.07) is 11.8. The minimum Gasteiger partial charge on any atom is -0.478 e. The molecule has 5 nitrogen and oxygen atoms in total. The first-order valence-electron chi connectivity index (χ1n) is 5.16. The molecule has 0 radical (unpaired) electrons. The van der Waals surface area contributed by atoms with E-state index in [0.29, 0.717) is 17.1 Å². The third kappa shape index (κ3) is 2.44. The predicted octanol–water partition coefficient (Wildman–Crippen LogP) is 2.40. The van der Waals surface area contributed by atoms with E-state index in [1.54, 1.807) is 24.3 Å². The summed E-state index contributed by atoms with van der Waals surface area (Å²) >= 11 is 0. The van der Waals surface area contributed by atoms with Crippen LogP contribution in [-0.4, -0.2) is 16.1 Å². The first kappa shape index (κ1) is 11.6. The lowest BCUT2D eigenvalue weighted by atomic mass is 10.2. The van der Waals surface area contributed by atoms with Crippen LogP contribution in [0.15, 0.2) is 42.6 Å². The van der Waals surface area contributed by atoms with E-state index in [9.17, 15) is 4.79 Å². The van der Waals surface area contributed by atoms with E-state index < -0.39 is 5.97 Å². The number of hydrogen-bond donors (Lipinski definition) is 2. The van der Waals surface area contributed by atoms with Gasteiger partial charge in [-0.2, -0.15) is 5.26 Å². The highest BCUT2D eigenvalue weighted by Gasteiger charge is 2.06. The number of aromatic nitrogens is 1. The van der Waals surface area contributed by atoms with E-state index >= 15 is 0 Å². The Labute approximate surface area is 103 Å². The van der Waals surface area contributed by atoms with Crippen molar-refractivity contribution in [3.63, 3.8) is 0 Å². The average Bonchev–Trinajstić information content (AvgIpc) is 2.39. The van der Waals surface area contributed by atoms with Gasteiger partial charge in [0, 0.05) is 6.20 Å². The second kappa shape index (κ2) is 4.97. The summed E-state index contributed by atoms with van der Waals surface area (Å²) in [5.74, 6) is -0.633. The number of rotatable bonds is 3. The van der Waals surface area contributed by atoms with Crippen molar-refractivity contribution in [2.75, 3.05) is 5.32 Å². The highest BCUT2D eigenvalue weighted by atomic mass is 16.4. The fourth-order valence-electron chi connectivity index (χ4n) is 1.46. The molecule has 1 aromatic heterocycles. The number of nitrogens with one attached hydrogen (secondary N) is 1. The normalized spacial score (nSPS) is 9.50. The largest absolute Gasteiger partial charge is 0.478 e. The summed E-state index contributed by atoms with van der Waals surface area (Å²) < 4.78 is 0. The van der Waals surface area contributed by atoms with Gasteiger partial charge in [-0.25, -0.2) is 9.78 Å². The van der Waals surface area contributed by atoms with Gasteiger partial charge in [0.15, 0.2) is 0 Å². The van der Waals surface area contributed by atoms with Crippen LogP contribution in [0.2, 0.25) is 0 Å². The van der Waals surface area contributed by atoms with Gasteiger partial charge in [-0.3, -0.25) is 0 Å². The molecule has 0 spiro atoms. The average molecular weight is 239 g/mol. The first-order valence-corrected chi connectivity index (χ1v) is 5.16. The summed E-state index contributed by atoms with van der Waals surface area (Å²) in [6.07, 6.45) is 1.40. The number of pyridine rings is 1. The van der Waals surface area contributed by atoms with Gasteiger partial charge in [0.2, 0.25) is 0 Å². The zero-order valence-electron chi connectivity index (χ0n) is 9.29. The molecule has 5 heteroatoms. The van der Waals surface area contributed by atoms with Gasteiger partial charge < -0.3 is 10.4 Å². The Hall–Kier alpha value is -2.87. The summed E-state index contributed by atoms with van der Waals surface area (Å²) in [4.78, 5) is 14.8. The van der Waals surface area contributed by atoms with Gasteiger partial charge in [0.1, 0.15) is 11.9 Å². The standard InChI is InChI=1S/C13H9N3O2/c14-8-10-3-1-2-4-11(10)16-12-7-9(13(17)18)5-6-15-12/h1-7H,(H,15,16)(H,17,18). The highest BCUT2D eigenvalue weighted by molar-refractivity contribution is 5.88. The Morgan fingerprint density at radius 1 is 1.33 bits per heavy atom. The molecule has 88 valence electrons. The Kier molecular flexibility index (Phi) is 3.21. The molecule has 0 amide bonds. The summed E-state index contributed by atoms with van der Waals surface area (Å²) in [7, 11) is 0. The van der Waals surface area contributed by atoms with Crippen molar-refractivity contribution in [2.24, 2.45) is 0 Å². The maximum Gasteiger partial charge on any atom is 0.335 e. The van der Waals surface area contributed by atoms with Gasteiger partial charge in [-0.05, 0) is 24.3 Å². The van der Waals surface area contributed by atoms with Crippen molar-refractivity contribution in [1.82, 2.24) is 4.98 Å². The summed E-state index contributed by atoms with van der Waals surface area (Å²) in [5.41, 5.74) is 1.21. The molecule has 2 rings (SSSR count). The van der Waals surface area contributed by atoms with Gasteiger partial charge in [-0.15, -0.1) is 0 Å². The van der Waals surface area contributed by atoms with E-state index in [1.807, 2.05) is 6.07 Å². The monoisotopic (exact) mass is 239 g/mol. The molecule has 0 atom stereocenters. The Morgan fingerprint density at radius 3 is 2.83 bits per heavy atom. The van der Waals surface area contributed by atoms with Gasteiger partial charge in [0.05, 0.1) is 16.8 Å². The molecule has 1 aromatic carbocycles. The molecular formula is C13H9N3O2. The van der Waals surface area contributed by atoms with Crippen LogP contribution in [0.3, 0.4) is 0 Å². The summed E-state index contributed by atoms with van der Waals surface area (Å²) in [6.45, 7) is 0. The fraction of sp³-hybridized carbons (Fsp3) is 0. The lowest BCUT2D eigenvalue weighted by molar-refractivity contribution is 0.0697. The number of nitriles is 1. The molecule has 2 aromatic rings. The van der Waals surface area contributed by atoms with E-state index in [1.165, 1.54) is 18.3 Å². The maximum atomic E-state index is 10.8. The third-order valence-corrected chi connectivity index (χ3v) is 2.32. The SMILES string of the molecule is N#Cc1ccccc1Nc1cc(C(=O)O)ccn1. The number of carboxylic acids is 1. The smallest absolute Gasteiger partial charge is 0.335 e. The summed E-state index contributed by atoms with van der Waals surface area (Å²) in [5, 5.41) is 20.7.